The molecule has 0 fully saturated rings. The van der Waals surface area contributed by atoms with Crippen molar-refractivity contribution in [3.05, 3.63) is 362 Å². The second-order valence-corrected chi connectivity index (χ2v) is 31.6. The number of nitrogens with zero attached hydrogens (tertiary/aromatic N) is 6. The average molecular weight is 1400 g/mol. The van der Waals surface area contributed by atoms with Crippen LogP contribution in [-0.2, 0) is 10.8 Å². The number of aromatic nitrogens is 6. The van der Waals surface area contributed by atoms with Gasteiger partial charge in [0.2, 0.25) is 0 Å². The second kappa shape index (κ2) is 22.3. The monoisotopic (exact) mass is 1400 g/mol. The van der Waals surface area contributed by atoms with Gasteiger partial charge in [-0.2, -0.15) is 0 Å². The maximum Gasteiger partial charge on any atom is 0.160 e. The molecule has 5 heterocycles. The summed E-state index contributed by atoms with van der Waals surface area (Å²) in [5, 5.41) is 12.2. The van der Waals surface area contributed by atoms with Gasteiger partial charge in [-0.3, -0.25) is 0 Å². The Bertz CT molecular complexity index is 7650. The fourth-order valence-corrected chi connectivity index (χ4v) is 19.9. The Morgan fingerprint density at radius 1 is 0.218 bits per heavy atom. The van der Waals surface area contributed by atoms with Crippen molar-refractivity contribution in [3.8, 4) is 112 Å². The minimum atomic E-state index is -0.102. The zero-order chi connectivity index (χ0) is 72.6. The van der Waals surface area contributed by atoms with Crippen molar-refractivity contribution in [1.29, 1.82) is 0 Å². The van der Waals surface area contributed by atoms with Crippen LogP contribution in [0.3, 0.4) is 0 Å². The third kappa shape index (κ3) is 8.47. The normalized spacial score (nSPS) is 13.6. The van der Waals surface area contributed by atoms with Gasteiger partial charge in [0.1, 0.15) is 0 Å². The van der Waals surface area contributed by atoms with Crippen LogP contribution in [0, 0.1) is 0 Å². The van der Waals surface area contributed by atoms with Crippen molar-refractivity contribution in [3.63, 3.8) is 0 Å². The van der Waals surface area contributed by atoms with Crippen molar-refractivity contribution in [2.45, 2.75) is 38.5 Å². The first kappa shape index (κ1) is 61.2. The van der Waals surface area contributed by atoms with Crippen LogP contribution in [-0.4, -0.2) is 28.2 Å². The van der Waals surface area contributed by atoms with Crippen LogP contribution in [0.2, 0.25) is 0 Å². The molecule has 0 N–H and O–H groups in total. The van der Waals surface area contributed by atoms with Crippen molar-refractivity contribution < 1.29 is 0 Å². The van der Waals surface area contributed by atoms with Crippen LogP contribution in [0.4, 0.5) is 0 Å². The van der Waals surface area contributed by atoms with E-state index >= 15 is 0 Å². The molecule has 24 rings (SSSR count). The molecular weight excluding hydrogens is 1330 g/mol. The highest BCUT2D eigenvalue weighted by Crippen LogP contribution is 2.54. The molecule has 0 bridgehead atoms. The number of hydrogen-bond acceptors (Lipinski definition) is 2. The fraction of sp³-hybridized carbons (Fsp3) is 0.0577. The summed E-state index contributed by atoms with van der Waals surface area (Å²) >= 11 is 0. The largest absolute Gasteiger partial charge is 0.309 e. The lowest BCUT2D eigenvalue weighted by Gasteiger charge is -2.22. The minimum Gasteiger partial charge on any atom is -0.309 e. The SMILES string of the molecule is CC1(C)c2ccccc2-c2ccc(-n3c4ccccc4c4cc(-c5ccc6c(c5)c5ccccc5n6-c5ccc(-c6nc(-c7cccc(-n8c9ccccc9c9cc(-c%10ccc%11c(c%10)c%10ccccc%10n%11-c%10ccc%11c(c%10)C(C)(C)c%10ccccc%10-%11)ccc98)c7)c7c(n6)-c6cccc8cccc-7c68)cc5)ccc43)cc21. The quantitative estimate of drug-likeness (QED) is 0.152. The summed E-state index contributed by atoms with van der Waals surface area (Å²) < 4.78 is 9.77. The molecule has 0 aliphatic heterocycles. The molecule has 6 nitrogen and oxygen atoms in total. The Balaban J connectivity index is 0.585. The number of hydrogen-bond donors (Lipinski definition) is 0. The highest BCUT2D eigenvalue weighted by molar-refractivity contribution is 6.19. The van der Waals surface area contributed by atoms with Gasteiger partial charge in [-0.1, -0.05) is 234 Å². The van der Waals surface area contributed by atoms with Gasteiger partial charge in [-0.25, -0.2) is 9.97 Å². The lowest BCUT2D eigenvalue weighted by molar-refractivity contribution is 0.660. The third-order valence-corrected chi connectivity index (χ3v) is 25.1. The fourth-order valence-electron chi connectivity index (χ4n) is 19.9. The molecule has 0 radical (unpaired) electrons. The first-order valence-corrected chi connectivity index (χ1v) is 38.4. The molecule has 0 amide bonds. The smallest absolute Gasteiger partial charge is 0.160 e. The summed E-state index contributed by atoms with van der Waals surface area (Å²) in [7, 11) is 0. The Labute approximate surface area is 634 Å². The Morgan fingerprint density at radius 2 is 0.564 bits per heavy atom. The van der Waals surface area contributed by atoms with Crippen molar-refractivity contribution in [2.24, 2.45) is 0 Å². The van der Waals surface area contributed by atoms with Crippen LogP contribution in [0.1, 0.15) is 49.9 Å². The minimum absolute atomic E-state index is 0.0991. The van der Waals surface area contributed by atoms with Gasteiger partial charge in [-0.05, 0) is 217 Å². The third-order valence-electron chi connectivity index (χ3n) is 25.1. The first-order valence-electron chi connectivity index (χ1n) is 38.4. The summed E-state index contributed by atoms with van der Waals surface area (Å²) in [6.45, 7) is 9.45. The van der Waals surface area contributed by atoms with Crippen LogP contribution in [0.5, 0.6) is 0 Å². The van der Waals surface area contributed by atoms with E-state index in [4.69, 9.17) is 9.97 Å². The number of rotatable bonds is 8. The zero-order valence-corrected chi connectivity index (χ0v) is 61.0. The molecule has 110 heavy (non-hydrogen) atoms. The molecule has 0 atom stereocenters. The molecule has 3 aliphatic rings. The molecule has 0 unspecified atom stereocenters. The highest BCUT2D eigenvalue weighted by atomic mass is 15.0. The van der Waals surface area contributed by atoms with Gasteiger partial charge in [0, 0.05) is 98.9 Å². The first-order chi connectivity index (χ1) is 54.1. The summed E-state index contributed by atoms with van der Waals surface area (Å²) in [4.78, 5) is 11.3. The molecule has 21 aromatic rings. The second-order valence-electron chi connectivity index (χ2n) is 31.6. The van der Waals surface area contributed by atoms with Gasteiger partial charge in [-0.15, -0.1) is 0 Å². The predicted octanol–water partition coefficient (Wildman–Crippen LogP) is 26.9. The lowest BCUT2D eigenvalue weighted by atomic mass is 9.82. The predicted molar refractivity (Wildman–Crippen MR) is 458 cm³/mol. The van der Waals surface area contributed by atoms with Gasteiger partial charge in [0.05, 0.1) is 55.5 Å². The molecule has 5 aromatic heterocycles. The van der Waals surface area contributed by atoms with Crippen LogP contribution < -0.4 is 0 Å². The van der Waals surface area contributed by atoms with E-state index < -0.39 is 0 Å². The number of benzene rings is 16. The van der Waals surface area contributed by atoms with E-state index in [-0.39, 0.29) is 10.8 Å². The van der Waals surface area contributed by atoms with E-state index in [1.54, 1.807) is 0 Å². The summed E-state index contributed by atoms with van der Waals surface area (Å²) in [6, 6.07) is 127. The van der Waals surface area contributed by atoms with Gasteiger partial charge in [0.15, 0.2) is 5.82 Å². The standard InChI is InChI=1S/C104H68N6/c1-103(2)86-32-11-5-24-72(86)74-48-46-70(59-88(74)103)109-92-36-15-9-28-78(92)84-57-65(42-52-96(84)109)63-40-50-94-82(55-63)76-26-7-13-34-90(76)107(94)68-44-38-62(39-45-68)102-105-100(99-80-30-18-20-61-21-19-31-81(98(61)80)101(99)106-102)67-22-17-23-69(54-67)108-91-35-14-8-27-77(91)83-56-64(41-51-95(83)108)66-43-53-97-85(58-66)79-29-10-16-37-93(79)110(97)71-47-49-75-73-25-6-12-33-87(73)104(3,4)89(75)60-71/h5-60H,1-4H3. The van der Waals surface area contributed by atoms with Crippen LogP contribution >= 0.6 is 0 Å². The van der Waals surface area contributed by atoms with Gasteiger partial charge in [0.25, 0.3) is 0 Å². The van der Waals surface area contributed by atoms with Gasteiger partial charge >= 0.3 is 0 Å². The van der Waals surface area contributed by atoms with Crippen LogP contribution in [0.15, 0.2) is 340 Å². The molecule has 0 spiro atoms. The Kier molecular flexibility index (Phi) is 12.4. The maximum atomic E-state index is 5.71. The summed E-state index contributed by atoms with van der Waals surface area (Å²) in [5.41, 5.74) is 36.4. The van der Waals surface area contributed by atoms with E-state index in [1.807, 2.05) is 0 Å². The van der Waals surface area contributed by atoms with E-state index in [9.17, 15) is 0 Å². The van der Waals surface area contributed by atoms with Gasteiger partial charge < -0.3 is 18.3 Å². The lowest BCUT2D eigenvalue weighted by Crippen LogP contribution is -2.15. The average Bonchev–Trinajstić information content (AvgIpc) is 1.57. The van der Waals surface area contributed by atoms with E-state index in [1.165, 1.54) is 154 Å². The molecule has 6 heteroatoms. The topological polar surface area (TPSA) is 45.5 Å². The molecule has 514 valence electrons. The summed E-state index contributed by atoms with van der Waals surface area (Å²) in [6.07, 6.45) is 0. The molecule has 16 aromatic carbocycles. The summed E-state index contributed by atoms with van der Waals surface area (Å²) in [5.74, 6) is 0.681. The van der Waals surface area contributed by atoms with Crippen molar-refractivity contribution in [1.82, 2.24) is 28.2 Å². The number of para-hydroxylation sites is 4. The maximum absolute atomic E-state index is 5.71. The van der Waals surface area contributed by atoms with E-state index in [0.29, 0.717) is 5.82 Å². The van der Waals surface area contributed by atoms with E-state index in [2.05, 4.69) is 386 Å². The molecule has 3 aliphatic carbocycles. The Morgan fingerprint density at radius 3 is 1.03 bits per heavy atom. The molecule has 0 saturated carbocycles. The van der Waals surface area contributed by atoms with Crippen molar-refractivity contribution >= 4 is 98.0 Å². The van der Waals surface area contributed by atoms with Crippen LogP contribution in [0.25, 0.3) is 210 Å². The molecular formula is C104H68N6. The molecule has 0 saturated heterocycles. The van der Waals surface area contributed by atoms with Crippen molar-refractivity contribution in [2.75, 3.05) is 0 Å². The van der Waals surface area contributed by atoms with E-state index in [0.717, 1.165) is 72.6 Å². The highest BCUT2D eigenvalue weighted by Gasteiger charge is 2.38. The zero-order valence-electron chi connectivity index (χ0n) is 61.0. The number of fused-ring (bicyclic) bond motifs is 21. The Hall–Kier alpha value is -13.9.